The second-order valence-electron chi connectivity index (χ2n) is 20.1. The Morgan fingerprint density at radius 2 is 1.24 bits per heavy atom. The molecule has 0 amide bonds. The van der Waals surface area contributed by atoms with E-state index in [0.29, 0.717) is 36.4 Å². The zero-order valence-corrected chi connectivity index (χ0v) is 31.1. The lowest BCUT2D eigenvalue weighted by Gasteiger charge is -2.57. The molecular weight excluding hydrogens is 636 g/mol. The highest BCUT2D eigenvalue weighted by atomic mass is 16.6. The molecule has 51 heavy (non-hydrogen) atoms. The van der Waals surface area contributed by atoms with E-state index in [1.54, 1.807) is 12.7 Å². The van der Waals surface area contributed by atoms with E-state index in [4.69, 9.17) is 14.2 Å². The monoisotopic (exact) mass is 694 g/mol. The molecule has 0 aromatic rings. The third-order valence-electron chi connectivity index (χ3n) is 18.9. The summed E-state index contributed by atoms with van der Waals surface area (Å²) in [6.45, 7) is 4.95. The van der Waals surface area contributed by atoms with Crippen LogP contribution in [-0.4, -0.2) is 36.0 Å². The number of ether oxygens (including phenoxy) is 3. The average Bonchev–Trinajstić information content (AvgIpc) is 3.99. The molecule has 12 aliphatic rings. The van der Waals surface area contributed by atoms with Gasteiger partial charge in [0.05, 0.1) is 12.9 Å². The number of esters is 2. The summed E-state index contributed by atoms with van der Waals surface area (Å²) < 4.78 is 17.8. The fourth-order valence-electron chi connectivity index (χ4n) is 17.0. The van der Waals surface area contributed by atoms with Crippen molar-refractivity contribution < 1.29 is 28.6 Å². The van der Waals surface area contributed by atoms with E-state index in [1.807, 2.05) is 6.08 Å². The summed E-state index contributed by atoms with van der Waals surface area (Å²) in [5.41, 5.74) is 3.22. The average molecular weight is 695 g/mol. The Bertz CT molecular complexity index is 1690. The molecule has 0 radical (unpaired) electrons. The zero-order valence-electron chi connectivity index (χ0n) is 31.1. The van der Waals surface area contributed by atoms with Gasteiger partial charge in [-0.1, -0.05) is 25.5 Å². The Morgan fingerprint density at radius 3 is 1.84 bits per heavy atom. The van der Waals surface area contributed by atoms with E-state index in [9.17, 15) is 14.4 Å². The summed E-state index contributed by atoms with van der Waals surface area (Å²) in [6, 6.07) is 0. The number of ketones is 1. The van der Waals surface area contributed by atoms with Crippen molar-refractivity contribution in [2.45, 2.75) is 134 Å². The van der Waals surface area contributed by atoms with Crippen molar-refractivity contribution in [2.24, 2.45) is 81.8 Å². The third kappa shape index (κ3) is 4.09. The normalized spacial score (nSPS) is 54.7. The minimum atomic E-state index is -0.122. The maximum atomic E-state index is 12.1. The molecule has 0 aromatic carbocycles. The van der Waals surface area contributed by atoms with Crippen LogP contribution in [0.3, 0.4) is 0 Å². The first-order chi connectivity index (χ1) is 24.6. The molecule has 12 unspecified atom stereocenters. The van der Waals surface area contributed by atoms with Gasteiger partial charge in [-0.05, 0) is 160 Å². The lowest BCUT2D eigenvalue weighted by Crippen LogP contribution is -2.55. The van der Waals surface area contributed by atoms with Gasteiger partial charge in [0.15, 0.2) is 5.78 Å². The Kier molecular flexibility index (Phi) is 6.70. The van der Waals surface area contributed by atoms with Gasteiger partial charge in [0.1, 0.15) is 11.2 Å². The van der Waals surface area contributed by atoms with Crippen molar-refractivity contribution >= 4 is 17.7 Å². The van der Waals surface area contributed by atoms with Crippen molar-refractivity contribution in [1.29, 1.82) is 0 Å². The predicted molar refractivity (Wildman–Crippen MR) is 190 cm³/mol. The number of carbonyl (C=O) groups is 3. The van der Waals surface area contributed by atoms with Crippen LogP contribution in [0.5, 0.6) is 0 Å². The summed E-state index contributed by atoms with van der Waals surface area (Å²) in [4.78, 5) is 35.9. The van der Waals surface area contributed by atoms with E-state index in [0.717, 1.165) is 97.5 Å². The molecule has 0 aromatic heterocycles. The van der Waals surface area contributed by atoms with Gasteiger partial charge in [0, 0.05) is 48.3 Å². The number of hydrogen-bond donors (Lipinski definition) is 0. The van der Waals surface area contributed by atoms with Crippen molar-refractivity contribution in [3.05, 3.63) is 35.1 Å². The summed E-state index contributed by atoms with van der Waals surface area (Å²) in [7, 11) is 1.80. The fourth-order valence-corrected chi connectivity index (χ4v) is 17.0. The van der Waals surface area contributed by atoms with Gasteiger partial charge < -0.3 is 14.2 Å². The Balaban J connectivity index is 0.000000122. The number of allylic oxidation sites excluding steroid dienone is 5. The van der Waals surface area contributed by atoms with Gasteiger partial charge in [-0.3, -0.25) is 14.4 Å². The quantitative estimate of drug-likeness (QED) is 0.256. The number of rotatable bonds is 1. The molecule has 16 atom stereocenters. The summed E-state index contributed by atoms with van der Waals surface area (Å²) in [5, 5.41) is 0. The first-order valence-electron chi connectivity index (χ1n) is 21.2. The fraction of sp³-hybridized carbons (Fsp3) is 0.800. The van der Waals surface area contributed by atoms with Crippen LogP contribution in [0, 0.1) is 81.8 Å². The number of fused-ring (bicyclic) bond motifs is 18. The molecule has 0 bridgehead atoms. The van der Waals surface area contributed by atoms with Crippen molar-refractivity contribution in [3.8, 4) is 0 Å². The summed E-state index contributed by atoms with van der Waals surface area (Å²) in [5.74, 6) is 10.7. The van der Waals surface area contributed by atoms with E-state index >= 15 is 0 Å². The van der Waals surface area contributed by atoms with Crippen LogP contribution < -0.4 is 0 Å². The molecule has 2 spiro atoms. The minimum Gasteiger partial charge on any atom is -0.501 e. The third-order valence-corrected chi connectivity index (χ3v) is 18.9. The maximum Gasteiger partial charge on any atom is 0.306 e. The molecule has 2 heterocycles. The number of hydrogen-bond acceptors (Lipinski definition) is 6. The Hall–Kier alpha value is -2.37. The zero-order chi connectivity index (χ0) is 34.7. The van der Waals surface area contributed by atoms with E-state index in [-0.39, 0.29) is 34.0 Å². The molecule has 2 saturated heterocycles. The molecule has 7 saturated carbocycles. The predicted octanol–water partition coefficient (Wildman–Crippen LogP) is 8.69. The van der Waals surface area contributed by atoms with Crippen LogP contribution in [0.15, 0.2) is 35.1 Å². The lowest BCUT2D eigenvalue weighted by atomic mass is 9.49. The van der Waals surface area contributed by atoms with Crippen LogP contribution in [-0.2, 0) is 28.6 Å². The molecule has 0 N–H and O–H groups in total. The van der Waals surface area contributed by atoms with Gasteiger partial charge in [0.2, 0.25) is 0 Å². The van der Waals surface area contributed by atoms with Gasteiger partial charge in [-0.25, -0.2) is 0 Å². The van der Waals surface area contributed by atoms with Crippen LogP contribution in [0.2, 0.25) is 0 Å². The standard InChI is InChI=1S/C23H30O3.C22H28O3/c1-22-9-7-16-15-6-4-14(25-2)11-13(15)3-5-17(16)21(22)18-12-19(18)23(22)10-8-20(24)26-23;1-21-8-6-15-14-5-3-13(23)10-12(14)2-4-16(15)20(21)17-11-18(17)22(21)9-7-19(24)25-22/h3,11,15-19,21H,4-10,12H2,1-2H3;10,14-18,20H,2-9,11H2,1H3/t15?,16?,17?,18?,19?,21?,22-,23-;14?,15?,16?,17?,18?,20?,21-,22-/m00/s1. The summed E-state index contributed by atoms with van der Waals surface area (Å²) in [6.07, 6.45) is 25.6. The first-order valence-corrected chi connectivity index (χ1v) is 21.2. The van der Waals surface area contributed by atoms with Crippen molar-refractivity contribution in [2.75, 3.05) is 7.11 Å². The highest BCUT2D eigenvalue weighted by Gasteiger charge is 2.80. The Labute approximate surface area is 303 Å². The smallest absolute Gasteiger partial charge is 0.306 e. The molecule has 6 heteroatoms. The van der Waals surface area contributed by atoms with Gasteiger partial charge in [-0.15, -0.1) is 0 Å². The highest BCUT2D eigenvalue weighted by molar-refractivity contribution is 5.91. The van der Waals surface area contributed by atoms with Gasteiger partial charge in [0.25, 0.3) is 0 Å². The molecule has 12 rings (SSSR count). The summed E-state index contributed by atoms with van der Waals surface area (Å²) >= 11 is 0. The van der Waals surface area contributed by atoms with Crippen molar-refractivity contribution in [1.82, 2.24) is 0 Å². The van der Waals surface area contributed by atoms with Crippen LogP contribution in [0.4, 0.5) is 0 Å². The van der Waals surface area contributed by atoms with Crippen LogP contribution in [0.1, 0.15) is 123 Å². The molecule has 274 valence electrons. The Morgan fingerprint density at radius 1 is 0.627 bits per heavy atom. The minimum absolute atomic E-state index is 0.0503. The van der Waals surface area contributed by atoms with E-state index < -0.39 is 0 Å². The van der Waals surface area contributed by atoms with E-state index in [2.05, 4.69) is 26.0 Å². The SMILES string of the molecule is COC1=CC2=CCC3C(CC[C@@]4(C)C3C3CC3[C@@]43CCC(=O)O3)C2CC1.C[C@]12CCC3C4CCC(=O)C=C4CCC3C1C1CC1[C@@]21CCC(=O)O1. The second-order valence-corrected chi connectivity index (χ2v) is 20.1. The molecule has 6 nitrogen and oxygen atoms in total. The van der Waals surface area contributed by atoms with Gasteiger partial charge in [-0.2, -0.15) is 0 Å². The lowest BCUT2D eigenvalue weighted by molar-refractivity contribution is -0.174. The van der Waals surface area contributed by atoms with Crippen molar-refractivity contribution in [3.63, 3.8) is 0 Å². The van der Waals surface area contributed by atoms with E-state index in [1.165, 1.54) is 63.4 Å². The maximum absolute atomic E-state index is 12.1. The number of methoxy groups -OCH3 is 1. The molecule has 2 aliphatic heterocycles. The largest absolute Gasteiger partial charge is 0.501 e. The first kappa shape index (κ1) is 32.1. The van der Waals surface area contributed by atoms with Crippen LogP contribution in [0.25, 0.3) is 0 Å². The van der Waals surface area contributed by atoms with Crippen LogP contribution >= 0.6 is 0 Å². The molecular formula is C45H58O6. The highest BCUT2D eigenvalue weighted by Crippen LogP contribution is 2.80. The molecule has 10 aliphatic carbocycles. The van der Waals surface area contributed by atoms with Gasteiger partial charge >= 0.3 is 11.9 Å². The number of carbonyl (C=O) groups excluding carboxylic acids is 3. The second kappa shape index (κ2) is 10.6. The topological polar surface area (TPSA) is 78.9 Å². The molecule has 9 fully saturated rings.